The van der Waals surface area contributed by atoms with Gasteiger partial charge in [-0.1, -0.05) is 170 Å². The molecule has 0 fully saturated rings. The smallest absolute Gasteiger partial charge is 0.227 e. The third kappa shape index (κ3) is 4.81. The molecule has 0 saturated heterocycles. The van der Waals surface area contributed by atoms with E-state index in [0.717, 1.165) is 11.1 Å². The van der Waals surface area contributed by atoms with E-state index in [4.69, 9.17) is 0 Å². The maximum Gasteiger partial charge on any atom is 0.227 e. The van der Waals surface area contributed by atoms with Crippen LogP contribution in [-0.4, -0.2) is 15.9 Å². The first kappa shape index (κ1) is 29.5. The van der Waals surface area contributed by atoms with E-state index in [1.807, 2.05) is 36.4 Å². The van der Waals surface area contributed by atoms with E-state index < -0.39 is 30.2 Å². The normalized spacial score (nSPS) is 18.8. The second kappa shape index (κ2) is 12.2. The van der Waals surface area contributed by atoms with Crippen molar-refractivity contribution in [3.05, 3.63) is 187 Å². The highest BCUT2D eigenvalue weighted by Gasteiger charge is 2.65. The predicted octanol–water partition coefficient (Wildman–Crippen LogP) is 8.78. The largest absolute Gasteiger partial charge is 0.309 e. The summed E-state index contributed by atoms with van der Waals surface area (Å²) >= 11 is 0. The van der Waals surface area contributed by atoms with Gasteiger partial charge in [0.1, 0.15) is 4.90 Å². The molecule has 2 unspecified atom stereocenters. The van der Waals surface area contributed by atoms with E-state index in [1.54, 1.807) is 133 Å². The van der Waals surface area contributed by atoms with Gasteiger partial charge in [-0.05, 0) is 17.6 Å². The third-order valence-corrected chi connectivity index (χ3v) is 16.4. The zero-order valence-corrected chi connectivity index (χ0v) is 25.7. The van der Waals surface area contributed by atoms with E-state index in [0.29, 0.717) is 0 Å². The molecule has 1 aliphatic rings. The maximum atomic E-state index is 16.2. The molecule has 0 radical (unpaired) electrons. The molecule has 216 valence electrons. The molecular formula is C38H30O4P2. The van der Waals surface area contributed by atoms with Crippen LogP contribution in [0.4, 0.5) is 0 Å². The Bertz CT molecular complexity index is 1840. The Morgan fingerprint density at radius 1 is 0.500 bits per heavy atom. The minimum absolute atomic E-state index is 0.0524. The van der Waals surface area contributed by atoms with Gasteiger partial charge in [0.25, 0.3) is 0 Å². The minimum Gasteiger partial charge on any atom is -0.309 e. The Hall–Kier alpha value is -4.62. The molecule has 2 atom stereocenters. The van der Waals surface area contributed by atoms with Crippen molar-refractivity contribution < 1.29 is 18.7 Å². The quantitative estimate of drug-likeness (QED) is 0.156. The van der Waals surface area contributed by atoms with Gasteiger partial charge in [0.15, 0.2) is 14.3 Å². The van der Waals surface area contributed by atoms with E-state index in [9.17, 15) is 9.59 Å². The first-order valence-corrected chi connectivity index (χ1v) is 17.8. The second-order valence-corrected chi connectivity index (χ2v) is 16.9. The minimum atomic E-state index is -4.42. The second-order valence-electron chi connectivity index (χ2n) is 10.7. The fourth-order valence-corrected chi connectivity index (χ4v) is 14.3. The zero-order valence-electron chi connectivity index (χ0n) is 23.9. The molecule has 5 aromatic rings. The third-order valence-electron chi connectivity index (χ3n) is 8.20. The van der Waals surface area contributed by atoms with Crippen molar-refractivity contribution in [3.8, 4) is 0 Å². The first-order valence-electron chi connectivity index (χ1n) is 14.4. The standard InChI is InChI=1S/C38H30O4P2/c39-36(32-18-8-2-9-19-32)43(41,34-22-12-4-13-23-34)38(28-26-31(27-29-38)30-16-6-1-7-17-30)44(42,35-24-14-5-15-25-35)37(40)33-20-10-3-11-21-33/h1-28H,29H2. The van der Waals surface area contributed by atoms with Crippen molar-refractivity contribution in [2.24, 2.45) is 0 Å². The molecule has 0 bridgehead atoms. The highest BCUT2D eigenvalue weighted by molar-refractivity contribution is 8.04. The van der Waals surface area contributed by atoms with Gasteiger partial charge in [0, 0.05) is 21.7 Å². The van der Waals surface area contributed by atoms with Crippen LogP contribution in [0.5, 0.6) is 0 Å². The summed E-state index contributed by atoms with van der Waals surface area (Å²) in [5.41, 5.74) is 0.948. The number of benzene rings is 5. The lowest BCUT2D eigenvalue weighted by Gasteiger charge is -2.44. The van der Waals surface area contributed by atoms with Gasteiger partial charge in [-0.2, -0.15) is 0 Å². The van der Waals surface area contributed by atoms with Gasteiger partial charge in [-0.25, -0.2) is 0 Å². The molecule has 0 amide bonds. The Kier molecular flexibility index (Phi) is 8.15. The molecule has 5 aromatic carbocycles. The van der Waals surface area contributed by atoms with Crippen LogP contribution in [0.3, 0.4) is 0 Å². The summed E-state index contributed by atoms with van der Waals surface area (Å²) in [6.45, 7) is 0. The van der Waals surface area contributed by atoms with Gasteiger partial charge in [-0.3, -0.25) is 9.59 Å². The Morgan fingerprint density at radius 2 is 0.864 bits per heavy atom. The van der Waals surface area contributed by atoms with Crippen LogP contribution >= 0.6 is 14.3 Å². The number of hydrogen-bond acceptors (Lipinski definition) is 4. The molecule has 0 aromatic heterocycles. The highest BCUT2D eigenvalue weighted by Crippen LogP contribution is 2.79. The molecule has 44 heavy (non-hydrogen) atoms. The fraction of sp³-hybridized carbons (Fsp3) is 0.0526. The highest BCUT2D eigenvalue weighted by atomic mass is 31.2. The molecule has 4 nitrogen and oxygen atoms in total. The van der Waals surface area contributed by atoms with Crippen molar-refractivity contribution in [1.82, 2.24) is 0 Å². The lowest BCUT2D eigenvalue weighted by atomic mass is 9.99. The van der Waals surface area contributed by atoms with E-state index in [-0.39, 0.29) is 28.2 Å². The molecule has 0 aliphatic heterocycles. The van der Waals surface area contributed by atoms with Crippen molar-refractivity contribution in [1.29, 1.82) is 0 Å². The number of carbonyl (C=O) groups is 2. The van der Waals surface area contributed by atoms with Crippen LogP contribution in [0.2, 0.25) is 0 Å². The molecule has 1 aliphatic carbocycles. The summed E-state index contributed by atoms with van der Waals surface area (Å²) in [6.07, 6.45) is 5.25. The van der Waals surface area contributed by atoms with Gasteiger partial charge < -0.3 is 9.13 Å². The zero-order chi connectivity index (χ0) is 30.6. The van der Waals surface area contributed by atoms with Crippen LogP contribution < -0.4 is 10.6 Å². The fourth-order valence-electron chi connectivity index (χ4n) is 5.96. The van der Waals surface area contributed by atoms with Crippen LogP contribution in [0.25, 0.3) is 5.57 Å². The molecule has 6 rings (SSSR count). The molecule has 0 heterocycles. The van der Waals surface area contributed by atoms with Crippen molar-refractivity contribution in [2.45, 2.75) is 11.3 Å². The molecule has 0 saturated carbocycles. The van der Waals surface area contributed by atoms with Gasteiger partial charge in [0.05, 0.1) is 0 Å². The maximum absolute atomic E-state index is 16.2. The Labute approximate surface area is 257 Å². The van der Waals surface area contributed by atoms with E-state index in [2.05, 4.69) is 0 Å². The van der Waals surface area contributed by atoms with Crippen molar-refractivity contribution in [3.63, 3.8) is 0 Å². The number of allylic oxidation sites excluding steroid dienone is 4. The van der Waals surface area contributed by atoms with Crippen LogP contribution in [-0.2, 0) is 9.13 Å². The van der Waals surface area contributed by atoms with E-state index >= 15 is 9.13 Å². The molecule has 0 N–H and O–H groups in total. The van der Waals surface area contributed by atoms with Gasteiger partial charge in [-0.15, -0.1) is 0 Å². The van der Waals surface area contributed by atoms with Gasteiger partial charge in [0.2, 0.25) is 11.0 Å². The molecule has 6 heteroatoms. The average Bonchev–Trinajstić information content (AvgIpc) is 3.12. The lowest BCUT2D eigenvalue weighted by Crippen LogP contribution is -2.41. The summed E-state index contributed by atoms with van der Waals surface area (Å²) < 4.78 is 32.5. The van der Waals surface area contributed by atoms with Crippen LogP contribution in [0, 0.1) is 0 Å². The van der Waals surface area contributed by atoms with Crippen molar-refractivity contribution in [2.75, 3.05) is 0 Å². The molecule has 0 spiro atoms. The lowest BCUT2D eigenvalue weighted by molar-refractivity contribution is 0.107. The summed E-state index contributed by atoms with van der Waals surface area (Å²) in [7, 11) is -8.85. The predicted molar refractivity (Wildman–Crippen MR) is 180 cm³/mol. The summed E-state index contributed by atoms with van der Waals surface area (Å²) in [6, 6.07) is 43.6. The summed E-state index contributed by atoms with van der Waals surface area (Å²) in [5, 5.41) is 0.513. The Balaban J connectivity index is 1.71. The topological polar surface area (TPSA) is 68.3 Å². The SMILES string of the molecule is O=C(c1ccccc1)P(=O)(c1ccccc1)C1(P(=O)(C(=O)c2ccccc2)c2ccccc2)C=CC(c2ccccc2)=CC1. The van der Waals surface area contributed by atoms with Crippen LogP contribution in [0.1, 0.15) is 32.7 Å². The van der Waals surface area contributed by atoms with Crippen molar-refractivity contribution >= 4 is 41.5 Å². The first-order chi connectivity index (χ1) is 21.4. The summed E-state index contributed by atoms with van der Waals surface area (Å²) in [4.78, 5) is 27.7. The monoisotopic (exact) mass is 612 g/mol. The molecular weight excluding hydrogens is 582 g/mol. The van der Waals surface area contributed by atoms with Gasteiger partial charge >= 0.3 is 0 Å². The van der Waals surface area contributed by atoms with E-state index in [1.165, 1.54) is 0 Å². The number of hydrogen-bond donors (Lipinski definition) is 0. The number of rotatable bonds is 9. The number of carbonyl (C=O) groups excluding carboxylic acids is 2. The summed E-state index contributed by atoms with van der Waals surface area (Å²) in [5.74, 6) is 0. The van der Waals surface area contributed by atoms with Crippen LogP contribution in [0.15, 0.2) is 170 Å². The Morgan fingerprint density at radius 3 is 1.23 bits per heavy atom. The average molecular weight is 613 g/mol.